The summed E-state index contributed by atoms with van der Waals surface area (Å²) in [7, 11) is -4.00. The van der Waals surface area contributed by atoms with Crippen LogP contribution in [0.25, 0.3) is 0 Å². The second-order valence-corrected chi connectivity index (χ2v) is 8.16. The van der Waals surface area contributed by atoms with Crippen molar-refractivity contribution in [3.63, 3.8) is 0 Å². The van der Waals surface area contributed by atoms with Crippen LogP contribution in [-0.4, -0.2) is 31.1 Å². The Bertz CT molecular complexity index is 957. The largest absolute Gasteiger partial charge is 0.348 e. The fourth-order valence-electron chi connectivity index (χ4n) is 2.87. The van der Waals surface area contributed by atoms with E-state index in [0.29, 0.717) is 15.7 Å². The summed E-state index contributed by atoms with van der Waals surface area (Å²) in [6.45, 7) is 1.34. The third kappa shape index (κ3) is 3.32. The maximum absolute atomic E-state index is 12.5. The van der Waals surface area contributed by atoms with Crippen LogP contribution in [-0.2, 0) is 14.8 Å². The quantitative estimate of drug-likeness (QED) is 0.848. The van der Waals surface area contributed by atoms with Crippen molar-refractivity contribution in [1.82, 2.24) is 9.62 Å². The second-order valence-electron chi connectivity index (χ2n) is 5.89. The number of sulfonamides is 1. The van der Waals surface area contributed by atoms with Crippen LogP contribution >= 0.6 is 11.6 Å². The summed E-state index contributed by atoms with van der Waals surface area (Å²) < 4.78 is 25.6. The van der Waals surface area contributed by atoms with Gasteiger partial charge in [0.15, 0.2) is 0 Å². The number of fused-ring (bicyclic) bond motifs is 1. The first-order chi connectivity index (χ1) is 12.3. The van der Waals surface area contributed by atoms with E-state index in [1.807, 2.05) is 6.92 Å². The first-order valence-electron chi connectivity index (χ1n) is 8.05. The number of hydrogen-bond acceptors (Lipinski definition) is 4. The van der Waals surface area contributed by atoms with Crippen molar-refractivity contribution >= 4 is 33.4 Å². The number of carbonyl (C=O) groups excluding carboxylic acids is 2. The van der Waals surface area contributed by atoms with Crippen molar-refractivity contribution in [3.05, 3.63) is 64.7 Å². The SMILES string of the molecule is CCC(NC(=O)CN1C(=O)c2ccccc2S1(=O)=O)c1ccc(Cl)cc1. The third-order valence-corrected chi connectivity index (χ3v) is 6.25. The van der Waals surface area contributed by atoms with Crippen molar-refractivity contribution in [1.29, 1.82) is 0 Å². The maximum Gasteiger partial charge on any atom is 0.269 e. The molecule has 2 aromatic carbocycles. The molecule has 8 heteroatoms. The van der Waals surface area contributed by atoms with E-state index in [1.54, 1.807) is 36.4 Å². The third-order valence-electron chi connectivity index (χ3n) is 4.22. The molecule has 0 saturated heterocycles. The van der Waals surface area contributed by atoms with Gasteiger partial charge in [-0.25, -0.2) is 12.7 Å². The van der Waals surface area contributed by atoms with Gasteiger partial charge < -0.3 is 5.32 Å². The van der Waals surface area contributed by atoms with E-state index in [2.05, 4.69) is 5.32 Å². The van der Waals surface area contributed by atoms with Gasteiger partial charge in [-0.15, -0.1) is 0 Å². The second kappa shape index (κ2) is 7.09. The zero-order valence-electron chi connectivity index (χ0n) is 14.0. The normalized spacial score (nSPS) is 16.2. The number of rotatable bonds is 5. The molecule has 2 amide bonds. The molecule has 1 N–H and O–H groups in total. The minimum absolute atomic E-state index is 0.0671. The van der Waals surface area contributed by atoms with Gasteiger partial charge in [0.2, 0.25) is 5.91 Å². The first-order valence-corrected chi connectivity index (χ1v) is 9.87. The highest BCUT2D eigenvalue weighted by Crippen LogP contribution is 2.29. The summed E-state index contributed by atoms with van der Waals surface area (Å²) in [5, 5.41) is 3.36. The molecule has 1 aliphatic heterocycles. The van der Waals surface area contributed by atoms with Gasteiger partial charge in [-0.05, 0) is 36.2 Å². The van der Waals surface area contributed by atoms with Crippen LogP contribution < -0.4 is 5.32 Å². The average molecular weight is 393 g/mol. The van der Waals surface area contributed by atoms with Gasteiger partial charge in [0.1, 0.15) is 11.4 Å². The van der Waals surface area contributed by atoms with Crippen molar-refractivity contribution in [2.45, 2.75) is 24.3 Å². The Labute approximate surface area is 156 Å². The monoisotopic (exact) mass is 392 g/mol. The van der Waals surface area contributed by atoms with Crippen LogP contribution in [0, 0.1) is 0 Å². The fraction of sp³-hybridized carbons (Fsp3) is 0.222. The smallest absolute Gasteiger partial charge is 0.269 e. The van der Waals surface area contributed by atoms with Crippen molar-refractivity contribution in [2.24, 2.45) is 0 Å². The van der Waals surface area contributed by atoms with Gasteiger partial charge in [-0.2, -0.15) is 0 Å². The van der Waals surface area contributed by atoms with Gasteiger partial charge in [0.05, 0.1) is 11.6 Å². The number of nitrogens with one attached hydrogen (secondary N) is 1. The molecule has 0 radical (unpaired) electrons. The molecule has 2 aromatic rings. The predicted molar refractivity (Wildman–Crippen MR) is 97.3 cm³/mol. The summed E-state index contributed by atoms with van der Waals surface area (Å²) in [5.74, 6) is -1.23. The predicted octanol–water partition coefficient (Wildman–Crippen LogP) is 2.75. The highest BCUT2D eigenvalue weighted by atomic mass is 35.5. The van der Waals surface area contributed by atoms with Crippen LogP contribution in [0.1, 0.15) is 35.3 Å². The van der Waals surface area contributed by atoms with E-state index in [9.17, 15) is 18.0 Å². The molecule has 0 aromatic heterocycles. The lowest BCUT2D eigenvalue weighted by Crippen LogP contribution is -2.41. The molecule has 1 atom stereocenters. The van der Waals surface area contributed by atoms with Gasteiger partial charge in [-0.3, -0.25) is 9.59 Å². The summed E-state index contributed by atoms with van der Waals surface area (Å²) in [6.07, 6.45) is 0.605. The summed E-state index contributed by atoms with van der Waals surface area (Å²) in [6, 6.07) is 12.7. The Morgan fingerprint density at radius 2 is 1.81 bits per heavy atom. The van der Waals surface area contributed by atoms with Crippen LogP contribution in [0.3, 0.4) is 0 Å². The van der Waals surface area contributed by atoms with Crippen LogP contribution in [0.15, 0.2) is 53.4 Å². The number of benzene rings is 2. The molecular weight excluding hydrogens is 376 g/mol. The Morgan fingerprint density at radius 3 is 2.42 bits per heavy atom. The van der Waals surface area contributed by atoms with E-state index in [-0.39, 0.29) is 16.5 Å². The number of amides is 2. The van der Waals surface area contributed by atoms with Gasteiger partial charge >= 0.3 is 0 Å². The molecule has 26 heavy (non-hydrogen) atoms. The molecule has 1 unspecified atom stereocenters. The molecule has 0 spiro atoms. The Kier molecular flexibility index (Phi) is 5.02. The molecule has 3 rings (SSSR count). The molecular formula is C18H17ClN2O4S. The van der Waals surface area contributed by atoms with E-state index in [1.165, 1.54) is 12.1 Å². The van der Waals surface area contributed by atoms with E-state index in [0.717, 1.165) is 5.56 Å². The Balaban J connectivity index is 1.76. The topological polar surface area (TPSA) is 83.6 Å². The fourth-order valence-corrected chi connectivity index (χ4v) is 4.52. The van der Waals surface area contributed by atoms with E-state index < -0.39 is 28.4 Å². The molecule has 0 fully saturated rings. The highest BCUT2D eigenvalue weighted by Gasteiger charge is 2.41. The molecule has 6 nitrogen and oxygen atoms in total. The van der Waals surface area contributed by atoms with Crippen molar-refractivity contribution < 1.29 is 18.0 Å². The van der Waals surface area contributed by atoms with Gasteiger partial charge in [0.25, 0.3) is 15.9 Å². The lowest BCUT2D eigenvalue weighted by Gasteiger charge is -2.20. The number of nitrogens with zero attached hydrogens (tertiary/aromatic N) is 1. The highest BCUT2D eigenvalue weighted by molar-refractivity contribution is 7.90. The number of hydrogen-bond donors (Lipinski definition) is 1. The zero-order chi connectivity index (χ0) is 18.9. The molecule has 0 saturated carbocycles. The van der Waals surface area contributed by atoms with Crippen LogP contribution in [0.4, 0.5) is 0 Å². The van der Waals surface area contributed by atoms with Crippen LogP contribution in [0.2, 0.25) is 5.02 Å². The minimum Gasteiger partial charge on any atom is -0.348 e. The molecule has 1 aliphatic rings. The summed E-state index contributed by atoms with van der Waals surface area (Å²) in [4.78, 5) is 24.7. The molecule has 1 heterocycles. The lowest BCUT2D eigenvalue weighted by molar-refractivity contribution is -0.121. The minimum atomic E-state index is -4.00. The average Bonchev–Trinajstić information content (AvgIpc) is 2.82. The summed E-state index contributed by atoms with van der Waals surface area (Å²) >= 11 is 5.87. The molecule has 0 bridgehead atoms. The maximum atomic E-state index is 12.5. The molecule has 0 aliphatic carbocycles. The van der Waals surface area contributed by atoms with Crippen molar-refractivity contribution in [3.8, 4) is 0 Å². The molecule has 136 valence electrons. The lowest BCUT2D eigenvalue weighted by atomic mass is 10.0. The zero-order valence-corrected chi connectivity index (χ0v) is 15.5. The number of halogens is 1. The Morgan fingerprint density at radius 1 is 1.15 bits per heavy atom. The van der Waals surface area contributed by atoms with Crippen molar-refractivity contribution in [2.75, 3.05) is 6.54 Å². The standard InChI is InChI=1S/C18H17ClN2O4S/c1-2-15(12-7-9-13(19)10-8-12)20-17(22)11-21-18(23)14-5-3-4-6-16(14)26(21,24)25/h3-10,15H,2,11H2,1H3,(H,20,22). The van der Waals surface area contributed by atoms with Gasteiger partial charge in [0, 0.05) is 5.02 Å². The number of carbonyl (C=O) groups is 2. The summed E-state index contributed by atoms with van der Waals surface area (Å²) in [5.41, 5.74) is 0.939. The van der Waals surface area contributed by atoms with Gasteiger partial charge in [-0.1, -0.05) is 42.8 Å². The first kappa shape index (κ1) is 18.4. The van der Waals surface area contributed by atoms with E-state index in [4.69, 9.17) is 11.6 Å². The Hall–Kier alpha value is -2.38. The van der Waals surface area contributed by atoms with E-state index >= 15 is 0 Å². The van der Waals surface area contributed by atoms with Crippen LogP contribution in [0.5, 0.6) is 0 Å².